The van der Waals surface area contributed by atoms with Gasteiger partial charge in [-0.3, -0.25) is 14.5 Å². The predicted octanol–water partition coefficient (Wildman–Crippen LogP) is 6.38. The first-order chi connectivity index (χ1) is 17.2. The van der Waals surface area contributed by atoms with Crippen molar-refractivity contribution in [2.24, 2.45) is 0 Å². The Morgan fingerprint density at radius 3 is 2.44 bits per heavy atom. The van der Waals surface area contributed by atoms with E-state index < -0.39 is 17.7 Å². The zero-order chi connectivity index (χ0) is 25.7. The van der Waals surface area contributed by atoms with Crippen LogP contribution in [0.1, 0.15) is 34.0 Å². The Bertz CT molecular complexity index is 1580. The van der Waals surface area contributed by atoms with Crippen molar-refractivity contribution in [1.82, 2.24) is 4.98 Å². The fraction of sp³-hybridized carbons (Fsp3) is 0.172. The maximum Gasteiger partial charge on any atom is 0.300 e. The minimum atomic E-state index is -0.843. The number of carbonyl (C=O) groups is 2. The topological polar surface area (TPSA) is 82.6 Å². The lowest BCUT2D eigenvalue weighted by Gasteiger charge is -2.26. The molecule has 1 fully saturated rings. The highest BCUT2D eigenvalue weighted by molar-refractivity contribution is 6.52. The molecule has 182 valence electrons. The van der Waals surface area contributed by atoms with E-state index >= 15 is 0 Å². The van der Waals surface area contributed by atoms with Crippen molar-refractivity contribution in [3.8, 4) is 5.75 Å². The minimum Gasteiger partial charge on any atom is -0.507 e. The number of amides is 1. The number of benzene rings is 3. The summed E-state index contributed by atoms with van der Waals surface area (Å²) in [5, 5.41) is 12.6. The van der Waals surface area contributed by atoms with Gasteiger partial charge in [-0.25, -0.2) is 0 Å². The summed E-state index contributed by atoms with van der Waals surface area (Å²) in [7, 11) is 1.50. The number of nitrogens with one attached hydrogen (secondary N) is 1. The molecule has 1 aliphatic rings. The minimum absolute atomic E-state index is 0.00677. The molecular formula is C29H25ClN2O4. The third kappa shape index (κ3) is 3.65. The van der Waals surface area contributed by atoms with E-state index in [4.69, 9.17) is 16.3 Å². The number of methoxy groups -OCH3 is 1. The summed E-state index contributed by atoms with van der Waals surface area (Å²) in [6.45, 7) is 5.85. The molecule has 0 saturated carbocycles. The number of aromatic amines is 1. The lowest BCUT2D eigenvalue weighted by atomic mass is 9.93. The van der Waals surface area contributed by atoms with Gasteiger partial charge in [0.05, 0.1) is 23.7 Å². The Balaban J connectivity index is 1.81. The van der Waals surface area contributed by atoms with Crippen LogP contribution in [0.3, 0.4) is 0 Å². The average molecular weight is 501 g/mol. The van der Waals surface area contributed by atoms with Gasteiger partial charge in [0.2, 0.25) is 0 Å². The number of para-hydroxylation sites is 1. The SMILES string of the molecule is COc1ccc(/C(O)=C2\C(=O)C(=O)N(c3ccc(C)c(C)c3)C2c2c(C)[nH]c3ccccc23)cc1Cl. The van der Waals surface area contributed by atoms with E-state index in [0.29, 0.717) is 17.0 Å². The molecule has 4 aromatic rings. The van der Waals surface area contributed by atoms with E-state index in [-0.39, 0.29) is 16.4 Å². The van der Waals surface area contributed by atoms with Gasteiger partial charge in [-0.1, -0.05) is 35.9 Å². The van der Waals surface area contributed by atoms with Crippen molar-refractivity contribution in [3.05, 3.63) is 99.2 Å². The lowest BCUT2D eigenvalue weighted by molar-refractivity contribution is -0.132. The highest BCUT2D eigenvalue weighted by Crippen LogP contribution is 2.46. The largest absolute Gasteiger partial charge is 0.507 e. The molecular weight excluding hydrogens is 476 g/mol. The molecule has 36 heavy (non-hydrogen) atoms. The number of anilines is 1. The maximum atomic E-state index is 13.5. The Morgan fingerprint density at radius 1 is 1.00 bits per heavy atom. The fourth-order valence-electron chi connectivity index (χ4n) is 4.87. The second-order valence-corrected chi connectivity index (χ2v) is 9.40. The van der Waals surface area contributed by atoms with Gasteiger partial charge in [0.25, 0.3) is 11.7 Å². The number of H-pyrrole nitrogens is 1. The van der Waals surface area contributed by atoms with Gasteiger partial charge >= 0.3 is 0 Å². The summed E-state index contributed by atoms with van der Waals surface area (Å²) in [5.41, 5.74) is 5.41. The molecule has 0 aliphatic carbocycles. The second-order valence-electron chi connectivity index (χ2n) is 9.00. The highest BCUT2D eigenvalue weighted by Gasteiger charge is 2.48. The summed E-state index contributed by atoms with van der Waals surface area (Å²) in [6.07, 6.45) is 0. The van der Waals surface area contributed by atoms with Crippen LogP contribution in [0.4, 0.5) is 5.69 Å². The normalized spacial score (nSPS) is 17.2. The number of aliphatic hydroxyl groups is 1. The summed E-state index contributed by atoms with van der Waals surface area (Å²) in [5.74, 6) is -1.31. The quantitative estimate of drug-likeness (QED) is 0.193. The van der Waals surface area contributed by atoms with Gasteiger partial charge in [-0.05, 0) is 68.3 Å². The average Bonchev–Trinajstić information content (AvgIpc) is 3.32. The molecule has 2 N–H and O–H groups in total. The molecule has 5 rings (SSSR count). The number of ether oxygens (including phenoxy) is 1. The zero-order valence-electron chi connectivity index (χ0n) is 20.3. The zero-order valence-corrected chi connectivity index (χ0v) is 21.1. The van der Waals surface area contributed by atoms with Crippen LogP contribution in [0.5, 0.6) is 5.75 Å². The molecule has 0 bridgehead atoms. The van der Waals surface area contributed by atoms with Gasteiger partial charge < -0.3 is 14.8 Å². The second kappa shape index (κ2) is 8.88. The van der Waals surface area contributed by atoms with Crippen LogP contribution in [-0.4, -0.2) is 28.9 Å². The molecule has 3 aromatic carbocycles. The Morgan fingerprint density at radius 2 is 1.75 bits per heavy atom. The van der Waals surface area contributed by atoms with Crippen LogP contribution in [-0.2, 0) is 9.59 Å². The number of aliphatic hydroxyl groups excluding tert-OH is 1. The number of carbonyl (C=O) groups excluding carboxylic acids is 2. The number of aromatic nitrogens is 1. The third-order valence-electron chi connectivity index (χ3n) is 6.86. The number of rotatable bonds is 4. The van der Waals surface area contributed by atoms with E-state index in [1.54, 1.807) is 12.1 Å². The predicted molar refractivity (Wildman–Crippen MR) is 142 cm³/mol. The van der Waals surface area contributed by atoms with Gasteiger partial charge in [0, 0.05) is 33.4 Å². The van der Waals surface area contributed by atoms with Crippen LogP contribution >= 0.6 is 11.6 Å². The van der Waals surface area contributed by atoms with Gasteiger partial charge in [-0.15, -0.1) is 0 Å². The number of Topliss-reactive ketones (excluding diaryl/α,β-unsaturated/α-hetero) is 1. The molecule has 1 unspecified atom stereocenters. The van der Waals surface area contributed by atoms with E-state index in [1.807, 2.05) is 63.2 Å². The van der Waals surface area contributed by atoms with E-state index in [1.165, 1.54) is 18.1 Å². The third-order valence-corrected chi connectivity index (χ3v) is 7.15. The molecule has 1 amide bonds. The number of hydrogen-bond acceptors (Lipinski definition) is 4. The van der Waals surface area contributed by atoms with Crippen molar-refractivity contribution in [1.29, 1.82) is 0 Å². The van der Waals surface area contributed by atoms with Crippen LogP contribution in [0.2, 0.25) is 5.02 Å². The smallest absolute Gasteiger partial charge is 0.300 e. The Hall–Kier alpha value is -4.03. The molecule has 1 aliphatic heterocycles. The van der Waals surface area contributed by atoms with Crippen LogP contribution < -0.4 is 9.64 Å². The van der Waals surface area contributed by atoms with E-state index in [0.717, 1.165) is 33.3 Å². The highest BCUT2D eigenvalue weighted by atomic mass is 35.5. The molecule has 1 saturated heterocycles. The summed E-state index contributed by atoms with van der Waals surface area (Å²) >= 11 is 6.32. The van der Waals surface area contributed by atoms with Gasteiger partial charge in [0.15, 0.2) is 0 Å². The van der Waals surface area contributed by atoms with Crippen molar-refractivity contribution >= 4 is 45.6 Å². The number of fused-ring (bicyclic) bond motifs is 1. The Labute approximate surface area is 213 Å². The van der Waals surface area contributed by atoms with Crippen LogP contribution in [0.25, 0.3) is 16.7 Å². The summed E-state index contributed by atoms with van der Waals surface area (Å²) in [4.78, 5) is 31.9. The monoisotopic (exact) mass is 500 g/mol. The van der Waals surface area contributed by atoms with Crippen molar-refractivity contribution in [2.45, 2.75) is 26.8 Å². The van der Waals surface area contributed by atoms with Crippen molar-refractivity contribution < 1.29 is 19.4 Å². The molecule has 0 spiro atoms. The molecule has 2 heterocycles. The van der Waals surface area contributed by atoms with E-state index in [9.17, 15) is 14.7 Å². The van der Waals surface area contributed by atoms with Crippen LogP contribution in [0, 0.1) is 20.8 Å². The number of nitrogens with zero attached hydrogens (tertiary/aromatic N) is 1. The van der Waals surface area contributed by atoms with Crippen molar-refractivity contribution in [2.75, 3.05) is 12.0 Å². The van der Waals surface area contributed by atoms with Crippen molar-refractivity contribution in [3.63, 3.8) is 0 Å². The number of ketones is 1. The van der Waals surface area contributed by atoms with E-state index in [2.05, 4.69) is 4.98 Å². The maximum absolute atomic E-state index is 13.5. The lowest BCUT2D eigenvalue weighted by Crippen LogP contribution is -2.29. The standard InChI is InChI=1S/C29H25ClN2O4/c1-15-9-11-19(13-16(15)2)32-26(24-17(3)31-22-8-6-5-7-20(22)24)25(28(34)29(32)35)27(33)18-10-12-23(36-4)21(30)14-18/h5-14,26,31,33H,1-4H3/b27-25+. The molecule has 0 radical (unpaired) electrons. The summed E-state index contributed by atoms with van der Waals surface area (Å²) in [6, 6.07) is 17.3. The first-order valence-electron chi connectivity index (χ1n) is 11.5. The molecule has 6 nitrogen and oxygen atoms in total. The Kier molecular flexibility index (Phi) is 5.85. The van der Waals surface area contributed by atoms with Crippen LogP contribution in [0.15, 0.2) is 66.2 Å². The molecule has 1 aromatic heterocycles. The molecule has 1 atom stereocenters. The molecule has 7 heteroatoms. The summed E-state index contributed by atoms with van der Waals surface area (Å²) < 4.78 is 5.22. The first-order valence-corrected chi connectivity index (χ1v) is 11.9. The number of halogens is 1. The number of hydrogen-bond donors (Lipinski definition) is 2. The number of aryl methyl sites for hydroxylation is 3. The first kappa shape index (κ1) is 23.7. The van der Waals surface area contributed by atoms with Gasteiger partial charge in [-0.2, -0.15) is 0 Å². The van der Waals surface area contributed by atoms with Gasteiger partial charge in [0.1, 0.15) is 11.5 Å². The fourth-order valence-corrected chi connectivity index (χ4v) is 5.12.